The van der Waals surface area contributed by atoms with Gasteiger partial charge in [-0.25, -0.2) is 0 Å². The number of carbonyl (C=O) groups is 1. The first-order valence-electron chi connectivity index (χ1n) is 8.83. The van der Waals surface area contributed by atoms with Gasteiger partial charge in [0.2, 0.25) is 0 Å². The number of nitrogens with zero attached hydrogens (tertiary/aromatic N) is 2. The van der Waals surface area contributed by atoms with Crippen LogP contribution in [-0.2, 0) is 4.79 Å². The Labute approximate surface area is 148 Å². The summed E-state index contributed by atoms with van der Waals surface area (Å²) >= 11 is 6.15. The standard InChI is InChI=1S/C18H26ClN3O2/c1-2-16(24-17-6-4-3-5-15(17)19)18(23)22-10-7-14(13-22)21-11-8-20-9-12-21/h3-6,14,16,20H,2,7-13H2,1H3. The molecule has 1 aromatic carbocycles. The van der Waals surface area contributed by atoms with E-state index in [1.165, 1.54) is 0 Å². The summed E-state index contributed by atoms with van der Waals surface area (Å²) in [6.45, 7) is 7.82. The highest BCUT2D eigenvalue weighted by Crippen LogP contribution is 2.26. The van der Waals surface area contributed by atoms with Crippen LogP contribution in [0.25, 0.3) is 0 Å². The highest BCUT2D eigenvalue weighted by Gasteiger charge is 2.34. The van der Waals surface area contributed by atoms with E-state index in [-0.39, 0.29) is 5.91 Å². The molecule has 0 saturated carbocycles. The quantitative estimate of drug-likeness (QED) is 0.881. The molecule has 0 bridgehead atoms. The molecule has 0 aromatic heterocycles. The zero-order chi connectivity index (χ0) is 16.9. The van der Waals surface area contributed by atoms with Gasteiger partial charge in [0.1, 0.15) is 5.75 Å². The molecule has 0 aliphatic carbocycles. The van der Waals surface area contributed by atoms with Gasteiger partial charge < -0.3 is 15.0 Å². The third kappa shape index (κ3) is 4.02. The Bertz CT molecular complexity index is 563. The molecule has 2 aliphatic heterocycles. The van der Waals surface area contributed by atoms with Crippen LogP contribution in [0.5, 0.6) is 5.75 Å². The van der Waals surface area contributed by atoms with Gasteiger partial charge in [0, 0.05) is 45.3 Å². The number of rotatable bonds is 5. The zero-order valence-electron chi connectivity index (χ0n) is 14.2. The summed E-state index contributed by atoms with van der Waals surface area (Å²) in [7, 11) is 0. The first-order chi connectivity index (χ1) is 11.7. The van der Waals surface area contributed by atoms with Crippen molar-refractivity contribution in [1.29, 1.82) is 0 Å². The maximum absolute atomic E-state index is 12.8. The third-order valence-electron chi connectivity index (χ3n) is 4.90. The van der Waals surface area contributed by atoms with Crippen LogP contribution >= 0.6 is 11.6 Å². The number of hydrogen-bond acceptors (Lipinski definition) is 4. The molecule has 1 amide bonds. The summed E-state index contributed by atoms with van der Waals surface area (Å²) in [6, 6.07) is 7.80. The van der Waals surface area contributed by atoms with E-state index in [0.29, 0.717) is 23.2 Å². The predicted octanol–water partition coefficient (Wildman–Crippen LogP) is 2.00. The lowest BCUT2D eigenvalue weighted by atomic mass is 10.2. The minimum atomic E-state index is -0.466. The van der Waals surface area contributed by atoms with E-state index in [1.54, 1.807) is 6.07 Å². The van der Waals surface area contributed by atoms with Gasteiger partial charge in [-0.05, 0) is 25.0 Å². The van der Waals surface area contributed by atoms with Gasteiger partial charge in [0.05, 0.1) is 5.02 Å². The number of carbonyl (C=O) groups excluding carboxylic acids is 1. The van der Waals surface area contributed by atoms with Gasteiger partial charge in [-0.3, -0.25) is 9.69 Å². The molecule has 3 rings (SSSR count). The number of likely N-dealkylation sites (tertiary alicyclic amines) is 1. The van der Waals surface area contributed by atoms with E-state index in [9.17, 15) is 4.79 Å². The molecular weight excluding hydrogens is 326 g/mol. The van der Waals surface area contributed by atoms with Crippen molar-refractivity contribution in [2.45, 2.75) is 31.9 Å². The molecule has 2 heterocycles. The number of halogens is 1. The summed E-state index contributed by atoms with van der Waals surface area (Å²) in [5.74, 6) is 0.660. The summed E-state index contributed by atoms with van der Waals surface area (Å²) in [4.78, 5) is 17.3. The molecule has 0 spiro atoms. The smallest absolute Gasteiger partial charge is 0.263 e. The second-order valence-electron chi connectivity index (χ2n) is 6.46. The zero-order valence-corrected chi connectivity index (χ0v) is 15.0. The molecule has 2 aliphatic rings. The highest BCUT2D eigenvalue weighted by molar-refractivity contribution is 6.32. The van der Waals surface area contributed by atoms with Crippen molar-refractivity contribution in [2.75, 3.05) is 39.3 Å². The number of nitrogens with one attached hydrogen (secondary N) is 1. The Morgan fingerprint density at radius 1 is 1.33 bits per heavy atom. The molecule has 1 aromatic rings. The predicted molar refractivity (Wildman–Crippen MR) is 95.6 cm³/mol. The molecule has 2 unspecified atom stereocenters. The van der Waals surface area contributed by atoms with Crippen LogP contribution in [0.3, 0.4) is 0 Å². The second-order valence-corrected chi connectivity index (χ2v) is 6.87. The first-order valence-corrected chi connectivity index (χ1v) is 9.21. The van der Waals surface area contributed by atoms with Gasteiger partial charge in [0.15, 0.2) is 6.10 Å². The van der Waals surface area contributed by atoms with E-state index < -0.39 is 6.10 Å². The number of hydrogen-bond donors (Lipinski definition) is 1. The molecule has 6 heteroatoms. The maximum atomic E-state index is 12.8. The highest BCUT2D eigenvalue weighted by atomic mass is 35.5. The van der Waals surface area contributed by atoms with Crippen molar-refractivity contribution in [3.63, 3.8) is 0 Å². The van der Waals surface area contributed by atoms with Crippen LogP contribution < -0.4 is 10.1 Å². The fourth-order valence-corrected chi connectivity index (χ4v) is 3.67. The second kappa shape index (κ2) is 8.19. The Morgan fingerprint density at radius 3 is 2.79 bits per heavy atom. The lowest BCUT2D eigenvalue weighted by Crippen LogP contribution is -2.50. The number of benzene rings is 1. The maximum Gasteiger partial charge on any atom is 0.263 e. The molecule has 1 N–H and O–H groups in total. The fourth-order valence-electron chi connectivity index (χ4n) is 3.49. The normalized spacial score (nSPS) is 23.2. The van der Waals surface area contributed by atoms with Crippen LogP contribution in [0.1, 0.15) is 19.8 Å². The number of piperazine rings is 1. The lowest BCUT2D eigenvalue weighted by Gasteiger charge is -2.32. The molecule has 24 heavy (non-hydrogen) atoms. The Morgan fingerprint density at radius 2 is 2.08 bits per heavy atom. The van der Waals surface area contributed by atoms with Crippen molar-refractivity contribution in [2.24, 2.45) is 0 Å². The van der Waals surface area contributed by atoms with Crippen molar-refractivity contribution >= 4 is 17.5 Å². The Kier molecular flexibility index (Phi) is 5.98. The Balaban J connectivity index is 1.59. The van der Waals surface area contributed by atoms with Gasteiger partial charge in [0.25, 0.3) is 5.91 Å². The van der Waals surface area contributed by atoms with E-state index in [2.05, 4.69) is 10.2 Å². The summed E-state index contributed by atoms with van der Waals surface area (Å²) in [6.07, 6.45) is 1.22. The van der Waals surface area contributed by atoms with Crippen LogP contribution in [0.2, 0.25) is 5.02 Å². The number of ether oxygens (including phenoxy) is 1. The monoisotopic (exact) mass is 351 g/mol. The van der Waals surface area contributed by atoms with E-state index >= 15 is 0 Å². The van der Waals surface area contributed by atoms with Crippen molar-refractivity contribution in [3.05, 3.63) is 29.3 Å². The lowest BCUT2D eigenvalue weighted by molar-refractivity contribution is -0.138. The van der Waals surface area contributed by atoms with Crippen molar-refractivity contribution in [3.8, 4) is 5.75 Å². The van der Waals surface area contributed by atoms with Gasteiger partial charge in [-0.1, -0.05) is 30.7 Å². The van der Waals surface area contributed by atoms with Crippen LogP contribution in [0, 0.1) is 0 Å². The summed E-state index contributed by atoms with van der Waals surface area (Å²) < 4.78 is 5.90. The molecule has 2 atom stereocenters. The third-order valence-corrected chi connectivity index (χ3v) is 5.21. The average Bonchev–Trinajstić information content (AvgIpc) is 3.11. The molecule has 2 saturated heterocycles. The van der Waals surface area contributed by atoms with Gasteiger partial charge in [-0.15, -0.1) is 0 Å². The summed E-state index contributed by atoms with van der Waals surface area (Å²) in [5, 5.41) is 3.92. The van der Waals surface area contributed by atoms with E-state index in [1.807, 2.05) is 30.0 Å². The molecule has 2 fully saturated rings. The molecule has 132 valence electrons. The van der Waals surface area contributed by atoms with Crippen LogP contribution in [0.4, 0.5) is 0 Å². The van der Waals surface area contributed by atoms with Crippen LogP contribution in [0.15, 0.2) is 24.3 Å². The number of amides is 1. The van der Waals surface area contributed by atoms with Gasteiger partial charge in [-0.2, -0.15) is 0 Å². The average molecular weight is 352 g/mol. The minimum absolute atomic E-state index is 0.0788. The summed E-state index contributed by atoms with van der Waals surface area (Å²) in [5.41, 5.74) is 0. The fraction of sp³-hybridized carbons (Fsp3) is 0.611. The molecule has 0 radical (unpaired) electrons. The van der Waals surface area contributed by atoms with Gasteiger partial charge >= 0.3 is 0 Å². The van der Waals surface area contributed by atoms with E-state index in [4.69, 9.17) is 16.3 Å². The first kappa shape index (κ1) is 17.5. The number of para-hydroxylation sites is 1. The van der Waals surface area contributed by atoms with Crippen molar-refractivity contribution < 1.29 is 9.53 Å². The van der Waals surface area contributed by atoms with E-state index in [0.717, 1.165) is 45.7 Å². The Hall–Kier alpha value is -1.30. The largest absolute Gasteiger partial charge is 0.479 e. The topological polar surface area (TPSA) is 44.8 Å². The molecular formula is C18H26ClN3O2. The minimum Gasteiger partial charge on any atom is -0.479 e. The SMILES string of the molecule is CCC(Oc1ccccc1Cl)C(=O)N1CCC(N2CCNCC2)C1. The molecule has 5 nitrogen and oxygen atoms in total. The van der Waals surface area contributed by atoms with Crippen molar-refractivity contribution in [1.82, 2.24) is 15.1 Å². The van der Waals surface area contributed by atoms with Crippen LogP contribution in [-0.4, -0.2) is 67.1 Å².